The summed E-state index contributed by atoms with van der Waals surface area (Å²) in [5.74, 6) is 0.821. The van der Waals surface area contributed by atoms with Gasteiger partial charge in [0.1, 0.15) is 5.75 Å². The van der Waals surface area contributed by atoms with Crippen LogP contribution in [0.3, 0.4) is 0 Å². The lowest BCUT2D eigenvalue weighted by atomic mass is 10.3. The summed E-state index contributed by atoms with van der Waals surface area (Å²) in [5, 5.41) is 0. The molecule has 0 saturated heterocycles. The molecule has 0 spiro atoms. The highest BCUT2D eigenvalue weighted by Gasteiger charge is 2.21. The molecule has 0 heterocycles. The van der Waals surface area contributed by atoms with E-state index in [9.17, 15) is 4.80 Å². The first-order valence-corrected chi connectivity index (χ1v) is 8.73. The lowest BCUT2D eigenvalue weighted by Gasteiger charge is -2.15. The van der Waals surface area contributed by atoms with Crippen LogP contribution >= 0.6 is 59.4 Å². The highest BCUT2D eigenvalue weighted by Crippen LogP contribution is 2.37. The largest absolute Gasteiger partial charge is 0.653 e. The first-order valence-electron chi connectivity index (χ1n) is 4.55. The van der Waals surface area contributed by atoms with Gasteiger partial charge in [0.05, 0.1) is 10.6 Å². The number of hydrogen-bond acceptors (Lipinski definition) is 3. The van der Waals surface area contributed by atoms with Crippen LogP contribution < -0.4 is 4.43 Å². The van der Waals surface area contributed by atoms with Crippen molar-refractivity contribution in [2.45, 2.75) is 13.0 Å². The monoisotopic (exact) mass is 465 g/mol. The predicted octanol–water partition coefficient (Wildman–Crippen LogP) is 3.97. The smallest absolute Gasteiger partial charge is 0.497 e. The Balaban J connectivity index is 2.72. The minimum atomic E-state index is -2.36. The van der Waals surface area contributed by atoms with E-state index in [0.717, 1.165) is 8.95 Å². The molecule has 8 heteroatoms. The summed E-state index contributed by atoms with van der Waals surface area (Å²) in [7, 11) is -2.36. The molecule has 1 aromatic rings. The van der Waals surface area contributed by atoms with Crippen LogP contribution in [0, 0.1) is 0 Å². The van der Waals surface area contributed by atoms with Crippen LogP contribution in [0.5, 0.6) is 5.75 Å². The molecule has 1 unspecified atom stereocenters. The lowest BCUT2D eigenvalue weighted by molar-refractivity contribution is 0.150. The average molecular weight is 468 g/mol. The average Bonchev–Trinajstić information content (AvgIpc) is 2.29. The minimum Gasteiger partial charge on any atom is -0.497 e. The molecule has 0 fully saturated rings. The molecule has 0 bridgehead atoms. The van der Waals surface area contributed by atoms with E-state index >= 15 is 0 Å². The van der Waals surface area contributed by atoms with Crippen molar-refractivity contribution in [1.29, 1.82) is 0 Å². The summed E-state index contributed by atoms with van der Waals surface area (Å²) in [6.07, 6.45) is -0.242. The van der Waals surface area contributed by atoms with Gasteiger partial charge in [0.25, 0.3) is 0 Å². The standard InChI is InChI=1S/C9H9Br3ClO3Si/c1-5(4-13)15-17(14)16-7-3-2-6(10)8(11)9(7)12/h2-3,5,14H,4H2,1H3. The van der Waals surface area contributed by atoms with Crippen LogP contribution in [-0.4, -0.2) is 26.3 Å². The van der Waals surface area contributed by atoms with Crippen molar-refractivity contribution >= 4 is 68.9 Å². The third-order valence-corrected chi connectivity index (χ3v) is 6.49. The van der Waals surface area contributed by atoms with E-state index < -0.39 is 9.53 Å². The van der Waals surface area contributed by atoms with Crippen LogP contribution in [0.4, 0.5) is 0 Å². The fraction of sp³-hybridized carbons (Fsp3) is 0.333. The van der Waals surface area contributed by atoms with E-state index in [1.54, 1.807) is 13.0 Å². The molecule has 1 rings (SSSR count). The molecule has 0 saturated carbocycles. The molecular weight excluding hydrogens is 459 g/mol. The summed E-state index contributed by atoms with van der Waals surface area (Å²) in [6.45, 7) is 1.77. The van der Waals surface area contributed by atoms with Gasteiger partial charge >= 0.3 is 9.53 Å². The van der Waals surface area contributed by atoms with Crippen LogP contribution in [0.2, 0.25) is 0 Å². The molecule has 0 amide bonds. The third-order valence-electron chi connectivity index (χ3n) is 1.72. The topological polar surface area (TPSA) is 38.7 Å². The summed E-state index contributed by atoms with van der Waals surface area (Å²) < 4.78 is 12.9. The van der Waals surface area contributed by atoms with E-state index in [1.807, 2.05) is 6.07 Å². The molecule has 1 N–H and O–H groups in total. The molecule has 1 atom stereocenters. The van der Waals surface area contributed by atoms with E-state index in [1.165, 1.54) is 0 Å². The van der Waals surface area contributed by atoms with Gasteiger partial charge in [0.2, 0.25) is 0 Å². The molecule has 0 aliphatic heterocycles. The quantitative estimate of drug-likeness (QED) is 0.404. The molecule has 0 aromatic heterocycles. The van der Waals surface area contributed by atoms with E-state index in [2.05, 4.69) is 47.8 Å². The molecule has 1 radical (unpaired) electrons. The summed E-state index contributed by atoms with van der Waals surface area (Å²) in [6, 6.07) is 3.54. The predicted molar refractivity (Wildman–Crippen MR) is 79.4 cm³/mol. The van der Waals surface area contributed by atoms with Gasteiger partial charge in [-0.05, 0) is 66.8 Å². The number of halogens is 4. The Morgan fingerprint density at radius 1 is 1.35 bits per heavy atom. The lowest BCUT2D eigenvalue weighted by Crippen LogP contribution is -2.31. The van der Waals surface area contributed by atoms with Gasteiger partial charge in [-0.3, -0.25) is 0 Å². The fourth-order valence-corrected chi connectivity index (χ4v) is 3.41. The summed E-state index contributed by atoms with van der Waals surface area (Å²) in [5.41, 5.74) is 0. The van der Waals surface area contributed by atoms with Crippen LogP contribution in [0.1, 0.15) is 6.92 Å². The second-order valence-electron chi connectivity index (χ2n) is 3.12. The summed E-state index contributed by atoms with van der Waals surface area (Å²) in [4.78, 5) is 9.64. The fourth-order valence-electron chi connectivity index (χ4n) is 0.909. The molecule has 0 aliphatic rings. The second-order valence-corrected chi connectivity index (χ2v) is 6.84. The number of rotatable bonds is 5. The molecule has 1 aromatic carbocycles. The molecule has 17 heavy (non-hydrogen) atoms. The first-order chi connectivity index (χ1) is 7.95. The number of benzene rings is 1. The zero-order valence-electron chi connectivity index (χ0n) is 8.71. The van der Waals surface area contributed by atoms with Crippen molar-refractivity contribution in [2.24, 2.45) is 0 Å². The van der Waals surface area contributed by atoms with Crippen molar-refractivity contribution in [2.75, 3.05) is 5.88 Å². The molecular formula is C9H9Br3ClO3Si. The zero-order valence-corrected chi connectivity index (χ0v) is 15.2. The van der Waals surface area contributed by atoms with Gasteiger partial charge in [-0.2, -0.15) is 0 Å². The van der Waals surface area contributed by atoms with Crippen LogP contribution in [0.25, 0.3) is 0 Å². The second kappa shape index (κ2) is 7.47. The maximum absolute atomic E-state index is 9.64. The Hall–Kier alpha value is 0.887. The van der Waals surface area contributed by atoms with Gasteiger partial charge < -0.3 is 13.6 Å². The maximum Gasteiger partial charge on any atom is 0.653 e. The highest BCUT2D eigenvalue weighted by atomic mass is 79.9. The van der Waals surface area contributed by atoms with E-state index in [0.29, 0.717) is 16.1 Å². The van der Waals surface area contributed by atoms with E-state index in [4.69, 9.17) is 20.5 Å². The van der Waals surface area contributed by atoms with Crippen molar-refractivity contribution < 1.29 is 13.6 Å². The van der Waals surface area contributed by atoms with Gasteiger partial charge in [-0.1, -0.05) is 0 Å². The van der Waals surface area contributed by atoms with Crippen molar-refractivity contribution in [1.82, 2.24) is 0 Å². The van der Waals surface area contributed by atoms with Gasteiger partial charge in [0, 0.05) is 14.8 Å². The SMILES string of the molecule is CC(CCl)O[Si](O)Oc1ccc(Br)c(Br)c1Br. The molecule has 95 valence electrons. The first kappa shape index (κ1) is 15.9. The van der Waals surface area contributed by atoms with E-state index in [-0.39, 0.29) is 6.10 Å². The maximum atomic E-state index is 9.64. The van der Waals surface area contributed by atoms with Crippen LogP contribution in [0.15, 0.2) is 25.6 Å². The van der Waals surface area contributed by atoms with Crippen molar-refractivity contribution in [3.63, 3.8) is 0 Å². The Kier molecular flexibility index (Phi) is 7.01. The van der Waals surface area contributed by atoms with Gasteiger partial charge in [-0.15, -0.1) is 11.6 Å². The van der Waals surface area contributed by atoms with Gasteiger partial charge in [0.15, 0.2) is 0 Å². The Labute approximate surface area is 132 Å². The zero-order chi connectivity index (χ0) is 13.0. The Morgan fingerprint density at radius 3 is 2.59 bits per heavy atom. The summed E-state index contributed by atoms with van der Waals surface area (Å²) >= 11 is 15.7. The van der Waals surface area contributed by atoms with Gasteiger partial charge in [-0.25, -0.2) is 0 Å². The normalized spacial score (nSPS) is 12.9. The number of hydrogen-bond donors (Lipinski definition) is 1. The third kappa shape index (κ3) is 4.81. The Morgan fingerprint density at radius 2 is 2.00 bits per heavy atom. The molecule has 3 nitrogen and oxygen atoms in total. The Bertz CT molecular complexity index is 394. The van der Waals surface area contributed by atoms with Crippen molar-refractivity contribution in [3.05, 3.63) is 25.6 Å². The minimum absolute atomic E-state index is 0.242. The molecule has 0 aliphatic carbocycles. The van der Waals surface area contributed by atoms with Crippen LogP contribution in [-0.2, 0) is 4.43 Å². The van der Waals surface area contributed by atoms with Crippen molar-refractivity contribution in [3.8, 4) is 5.75 Å². The number of alkyl halides is 1. The highest BCUT2D eigenvalue weighted by molar-refractivity contribution is 9.14.